The van der Waals surface area contributed by atoms with Crippen molar-refractivity contribution in [1.82, 2.24) is 0 Å². The van der Waals surface area contributed by atoms with Crippen LogP contribution < -0.4 is 4.74 Å². The van der Waals surface area contributed by atoms with Crippen LogP contribution in [0.5, 0.6) is 5.75 Å². The second kappa shape index (κ2) is 7.69. The Labute approximate surface area is 166 Å². The molecule has 0 saturated carbocycles. The van der Waals surface area contributed by atoms with E-state index in [1.165, 1.54) is 11.1 Å². The summed E-state index contributed by atoms with van der Waals surface area (Å²) in [6.07, 6.45) is 0. The van der Waals surface area contributed by atoms with Gasteiger partial charge in [-0.05, 0) is 55.8 Å². The van der Waals surface area contributed by atoms with Gasteiger partial charge in [-0.2, -0.15) is 0 Å². The standard InChI is InChI=1S/C26H23O2/c1-18-4-8-21(9-5-18)25-16-23(20-12-14-24(27-3)15-13-20)17-26(28-25)22-10-6-19(2)7-11-22/h4-17H,1-3H3/q+1. The Bertz CT molecular complexity index is 1010. The summed E-state index contributed by atoms with van der Waals surface area (Å²) in [6.45, 7) is 4.18. The van der Waals surface area contributed by atoms with Crippen LogP contribution in [0.3, 0.4) is 0 Å². The smallest absolute Gasteiger partial charge is 0.361 e. The first kappa shape index (κ1) is 18.0. The minimum absolute atomic E-state index is 0.849. The molecule has 0 saturated heterocycles. The highest BCUT2D eigenvalue weighted by atomic mass is 16.5. The molecule has 4 aromatic rings. The number of hydrogen-bond acceptors (Lipinski definition) is 1. The predicted octanol–water partition coefficient (Wildman–Crippen LogP) is 7.19. The topological polar surface area (TPSA) is 20.5 Å². The number of hydrogen-bond donors (Lipinski definition) is 0. The Balaban J connectivity index is 1.86. The normalized spacial score (nSPS) is 10.7. The molecule has 0 aliphatic carbocycles. The van der Waals surface area contributed by atoms with Crippen LogP contribution in [0.4, 0.5) is 0 Å². The molecule has 0 bridgehead atoms. The van der Waals surface area contributed by atoms with Gasteiger partial charge >= 0.3 is 11.5 Å². The highest BCUT2D eigenvalue weighted by Gasteiger charge is 2.20. The van der Waals surface area contributed by atoms with Gasteiger partial charge in [0.25, 0.3) is 0 Å². The van der Waals surface area contributed by atoms with Crippen molar-refractivity contribution in [3.8, 4) is 39.5 Å². The van der Waals surface area contributed by atoms with Crippen LogP contribution in [0.25, 0.3) is 33.8 Å². The molecule has 0 N–H and O–H groups in total. The quantitative estimate of drug-likeness (QED) is 0.356. The number of ether oxygens (including phenoxy) is 1. The summed E-state index contributed by atoms with van der Waals surface area (Å²) >= 11 is 0. The van der Waals surface area contributed by atoms with Crippen molar-refractivity contribution in [3.05, 3.63) is 96.1 Å². The molecule has 0 unspecified atom stereocenters. The Hall–Kier alpha value is -3.39. The Morgan fingerprint density at radius 1 is 0.536 bits per heavy atom. The van der Waals surface area contributed by atoms with E-state index < -0.39 is 0 Å². The zero-order valence-corrected chi connectivity index (χ0v) is 16.4. The lowest BCUT2D eigenvalue weighted by Gasteiger charge is -2.04. The lowest BCUT2D eigenvalue weighted by Crippen LogP contribution is -1.87. The molecule has 0 spiro atoms. The Morgan fingerprint density at radius 2 is 0.964 bits per heavy atom. The molecule has 4 rings (SSSR count). The van der Waals surface area contributed by atoms with Crippen LogP contribution >= 0.6 is 0 Å². The first-order chi connectivity index (χ1) is 13.6. The van der Waals surface area contributed by atoms with E-state index in [9.17, 15) is 0 Å². The van der Waals surface area contributed by atoms with Crippen molar-refractivity contribution in [1.29, 1.82) is 0 Å². The van der Waals surface area contributed by atoms with E-state index in [-0.39, 0.29) is 0 Å². The second-order valence-electron chi connectivity index (χ2n) is 7.04. The first-order valence-corrected chi connectivity index (χ1v) is 9.39. The van der Waals surface area contributed by atoms with Crippen molar-refractivity contribution in [2.45, 2.75) is 13.8 Å². The highest BCUT2D eigenvalue weighted by molar-refractivity contribution is 5.75. The minimum atomic E-state index is 0.849. The van der Waals surface area contributed by atoms with Gasteiger partial charge in [-0.1, -0.05) is 47.5 Å². The fourth-order valence-electron chi connectivity index (χ4n) is 3.17. The summed E-state index contributed by atoms with van der Waals surface area (Å²) in [5.74, 6) is 2.55. The summed E-state index contributed by atoms with van der Waals surface area (Å²) in [4.78, 5) is 0. The molecule has 0 radical (unpaired) electrons. The number of benzene rings is 3. The monoisotopic (exact) mass is 367 g/mol. The van der Waals surface area contributed by atoms with Gasteiger partial charge in [-0.3, -0.25) is 0 Å². The fourth-order valence-corrected chi connectivity index (χ4v) is 3.17. The van der Waals surface area contributed by atoms with Crippen molar-refractivity contribution in [3.63, 3.8) is 0 Å². The minimum Gasteiger partial charge on any atom is -0.497 e. The molecule has 2 heteroatoms. The van der Waals surface area contributed by atoms with Crippen LogP contribution in [-0.2, 0) is 0 Å². The molecule has 0 aliphatic heterocycles. The third kappa shape index (κ3) is 3.81. The van der Waals surface area contributed by atoms with E-state index in [1.807, 2.05) is 12.1 Å². The first-order valence-electron chi connectivity index (χ1n) is 9.39. The summed E-state index contributed by atoms with van der Waals surface area (Å²) in [5.41, 5.74) is 6.82. The molecule has 28 heavy (non-hydrogen) atoms. The van der Waals surface area contributed by atoms with Gasteiger partial charge in [-0.15, -0.1) is 0 Å². The molecule has 1 aromatic heterocycles. The third-order valence-electron chi connectivity index (χ3n) is 4.89. The number of aryl methyl sites for hydroxylation is 2. The molecule has 3 aromatic carbocycles. The van der Waals surface area contributed by atoms with Gasteiger partial charge in [0.05, 0.1) is 30.4 Å². The van der Waals surface area contributed by atoms with Crippen molar-refractivity contribution >= 4 is 0 Å². The maximum absolute atomic E-state index is 6.31. The molecule has 1 heterocycles. The molecule has 0 atom stereocenters. The fraction of sp³-hybridized carbons (Fsp3) is 0.115. The molecule has 0 aliphatic rings. The van der Waals surface area contributed by atoms with E-state index in [0.29, 0.717) is 0 Å². The average Bonchev–Trinajstić information content (AvgIpc) is 2.74. The zero-order valence-electron chi connectivity index (χ0n) is 16.4. The molecule has 2 nitrogen and oxygen atoms in total. The maximum Gasteiger partial charge on any atom is 0.361 e. The summed E-state index contributed by atoms with van der Waals surface area (Å²) < 4.78 is 11.6. The lowest BCUT2D eigenvalue weighted by molar-refractivity contribution is 0.415. The number of methoxy groups -OCH3 is 1. The van der Waals surface area contributed by atoms with Gasteiger partial charge in [0.1, 0.15) is 5.75 Å². The number of rotatable bonds is 4. The van der Waals surface area contributed by atoms with Gasteiger partial charge < -0.3 is 4.74 Å². The van der Waals surface area contributed by atoms with Crippen LogP contribution in [0.2, 0.25) is 0 Å². The maximum atomic E-state index is 6.31. The van der Waals surface area contributed by atoms with E-state index in [0.717, 1.165) is 39.5 Å². The molecule has 138 valence electrons. The molecular weight excluding hydrogens is 344 g/mol. The van der Waals surface area contributed by atoms with Crippen molar-refractivity contribution in [2.75, 3.05) is 7.11 Å². The predicted molar refractivity (Wildman–Crippen MR) is 115 cm³/mol. The van der Waals surface area contributed by atoms with E-state index in [2.05, 4.69) is 86.6 Å². The summed E-state index contributed by atoms with van der Waals surface area (Å²) in [7, 11) is 1.68. The van der Waals surface area contributed by atoms with Gasteiger partial charge in [0, 0.05) is 5.56 Å². The molecular formula is C26H23O2+. The highest BCUT2D eigenvalue weighted by Crippen LogP contribution is 2.33. The zero-order chi connectivity index (χ0) is 19.5. The Kier molecular flexibility index (Phi) is 4.94. The second-order valence-corrected chi connectivity index (χ2v) is 7.04. The van der Waals surface area contributed by atoms with E-state index >= 15 is 0 Å². The SMILES string of the molecule is COc1ccc(-c2cc(-c3ccc(C)cc3)[o+]c(-c3ccc(C)cc3)c2)cc1. The lowest BCUT2D eigenvalue weighted by atomic mass is 10.0. The van der Waals surface area contributed by atoms with E-state index in [1.54, 1.807) is 7.11 Å². The van der Waals surface area contributed by atoms with Gasteiger partial charge in [0.2, 0.25) is 0 Å². The van der Waals surface area contributed by atoms with Crippen LogP contribution in [0.15, 0.2) is 89.3 Å². The summed E-state index contributed by atoms with van der Waals surface area (Å²) in [6, 6.07) is 29.2. The average molecular weight is 367 g/mol. The largest absolute Gasteiger partial charge is 0.497 e. The van der Waals surface area contributed by atoms with Crippen LogP contribution in [-0.4, -0.2) is 7.11 Å². The third-order valence-corrected chi connectivity index (χ3v) is 4.89. The Morgan fingerprint density at radius 3 is 1.39 bits per heavy atom. The van der Waals surface area contributed by atoms with Crippen LogP contribution in [0, 0.1) is 13.8 Å². The molecule has 0 fully saturated rings. The van der Waals surface area contributed by atoms with Crippen molar-refractivity contribution in [2.24, 2.45) is 0 Å². The summed E-state index contributed by atoms with van der Waals surface area (Å²) in [5, 5.41) is 0. The molecule has 0 amide bonds. The van der Waals surface area contributed by atoms with Crippen LogP contribution in [0.1, 0.15) is 11.1 Å². The van der Waals surface area contributed by atoms with E-state index in [4.69, 9.17) is 9.15 Å². The van der Waals surface area contributed by atoms with Crippen molar-refractivity contribution < 1.29 is 9.15 Å². The van der Waals surface area contributed by atoms with Gasteiger partial charge in [-0.25, -0.2) is 4.42 Å². The van der Waals surface area contributed by atoms with Gasteiger partial charge in [0.15, 0.2) is 0 Å².